The van der Waals surface area contributed by atoms with Crippen LogP contribution in [0.4, 0.5) is 9.18 Å². The van der Waals surface area contributed by atoms with E-state index >= 15 is 0 Å². The molecule has 24 heavy (non-hydrogen) atoms. The molecule has 0 saturated carbocycles. The summed E-state index contributed by atoms with van der Waals surface area (Å²) in [5.74, 6) is 0.168. The molecule has 2 N–H and O–H groups in total. The molecule has 0 aliphatic rings. The molecule has 6 heteroatoms. The average Bonchev–Trinajstić information content (AvgIpc) is 2.47. The lowest BCUT2D eigenvalue weighted by molar-refractivity contribution is 0.210. The van der Waals surface area contributed by atoms with E-state index in [1.165, 1.54) is 18.2 Å². The van der Waals surface area contributed by atoms with E-state index in [1.807, 2.05) is 20.8 Å². The van der Waals surface area contributed by atoms with Crippen molar-refractivity contribution in [3.05, 3.63) is 53.3 Å². The van der Waals surface area contributed by atoms with E-state index in [1.54, 1.807) is 24.3 Å². The number of carbonyl (C=O) groups is 1. The summed E-state index contributed by atoms with van der Waals surface area (Å²) in [6.45, 7) is 5.80. The first-order valence-electron chi connectivity index (χ1n) is 7.20. The second-order valence-corrected chi connectivity index (χ2v) is 6.16. The van der Waals surface area contributed by atoms with Crippen molar-refractivity contribution in [1.82, 2.24) is 0 Å². The van der Waals surface area contributed by atoms with E-state index in [2.05, 4.69) is 0 Å². The van der Waals surface area contributed by atoms with Crippen molar-refractivity contribution in [2.24, 2.45) is 5.73 Å². The fourth-order valence-corrected chi connectivity index (χ4v) is 2.18. The number of rotatable bonds is 3. The molecular formula is C18H17FN2O3. The van der Waals surface area contributed by atoms with E-state index in [4.69, 9.17) is 20.5 Å². The molecule has 0 saturated heterocycles. The minimum atomic E-state index is -0.911. The van der Waals surface area contributed by atoms with Gasteiger partial charge < -0.3 is 15.2 Å². The molecule has 1 amide bonds. The van der Waals surface area contributed by atoms with Gasteiger partial charge in [-0.1, -0.05) is 26.8 Å². The van der Waals surface area contributed by atoms with Crippen LogP contribution in [-0.4, -0.2) is 6.09 Å². The number of ether oxygens (including phenoxy) is 2. The smallest absolute Gasteiger partial charge is 0.409 e. The molecule has 124 valence electrons. The minimum absolute atomic E-state index is 0.112. The third kappa shape index (κ3) is 3.82. The number of carbonyl (C=O) groups excluding carboxylic acids is 1. The third-order valence-electron chi connectivity index (χ3n) is 3.28. The van der Waals surface area contributed by atoms with Gasteiger partial charge in [0.15, 0.2) is 0 Å². The topological polar surface area (TPSA) is 85.3 Å². The van der Waals surface area contributed by atoms with Gasteiger partial charge in [0.2, 0.25) is 0 Å². The van der Waals surface area contributed by atoms with Gasteiger partial charge in [-0.25, -0.2) is 9.18 Å². The lowest BCUT2D eigenvalue weighted by atomic mass is 9.86. The summed E-state index contributed by atoms with van der Waals surface area (Å²) in [6, 6.07) is 10.7. The number of nitrogens with zero attached hydrogens (tertiary/aromatic N) is 1. The highest BCUT2D eigenvalue weighted by molar-refractivity contribution is 5.69. The van der Waals surface area contributed by atoms with E-state index < -0.39 is 11.9 Å². The molecule has 0 spiro atoms. The first-order chi connectivity index (χ1) is 11.2. The number of nitriles is 1. The summed E-state index contributed by atoms with van der Waals surface area (Å²) in [6.07, 6.45) is -0.911. The van der Waals surface area contributed by atoms with Crippen molar-refractivity contribution >= 4 is 6.09 Å². The molecule has 2 aromatic carbocycles. The largest absolute Gasteiger partial charge is 0.456 e. The number of hydrogen-bond acceptors (Lipinski definition) is 4. The standard InChI is InChI=1S/C18H17FN2O3/c1-18(2,3)13-9-11(7-8-16(13)24-17(21)22)23-15-6-4-5-14(19)12(15)10-20/h4-9H,1-3H3,(H2,21,22). The Bertz CT molecular complexity index is 820. The Balaban J connectivity index is 2.45. The molecule has 0 fully saturated rings. The van der Waals surface area contributed by atoms with Gasteiger partial charge >= 0.3 is 6.09 Å². The SMILES string of the molecule is CC(C)(C)c1cc(Oc2cccc(F)c2C#N)ccc1OC(N)=O. The second-order valence-electron chi connectivity index (χ2n) is 6.16. The Morgan fingerprint density at radius 2 is 1.92 bits per heavy atom. The normalized spacial score (nSPS) is 10.8. The lowest BCUT2D eigenvalue weighted by Crippen LogP contribution is -2.20. The van der Waals surface area contributed by atoms with Gasteiger partial charge in [0.05, 0.1) is 0 Å². The van der Waals surface area contributed by atoms with Gasteiger partial charge in [-0.05, 0) is 35.7 Å². The maximum Gasteiger partial charge on any atom is 0.409 e. The zero-order valence-corrected chi connectivity index (χ0v) is 13.6. The van der Waals surface area contributed by atoms with Crippen LogP contribution < -0.4 is 15.2 Å². The molecule has 5 nitrogen and oxygen atoms in total. The molecule has 0 heterocycles. The Morgan fingerprint density at radius 1 is 1.21 bits per heavy atom. The zero-order chi connectivity index (χ0) is 17.9. The first kappa shape index (κ1) is 17.3. The summed E-state index contributed by atoms with van der Waals surface area (Å²) >= 11 is 0. The van der Waals surface area contributed by atoms with Crippen LogP contribution in [-0.2, 0) is 5.41 Å². The molecule has 0 aromatic heterocycles. The summed E-state index contributed by atoms with van der Waals surface area (Å²) in [5.41, 5.74) is 5.24. The highest BCUT2D eigenvalue weighted by atomic mass is 19.1. The summed E-state index contributed by atoms with van der Waals surface area (Å²) in [7, 11) is 0. The third-order valence-corrected chi connectivity index (χ3v) is 3.28. The van der Waals surface area contributed by atoms with Gasteiger partial charge in [0, 0.05) is 5.56 Å². The molecule has 0 unspecified atom stereocenters. The predicted molar refractivity (Wildman–Crippen MR) is 86.5 cm³/mol. The van der Waals surface area contributed by atoms with Crippen molar-refractivity contribution in [3.63, 3.8) is 0 Å². The van der Waals surface area contributed by atoms with Crippen LogP contribution in [0.5, 0.6) is 17.2 Å². The Labute approximate surface area is 139 Å². The molecule has 0 aliphatic heterocycles. The van der Waals surface area contributed by atoms with Crippen molar-refractivity contribution in [2.75, 3.05) is 0 Å². The molecular weight excluding hydrogens is 311 g/mol. The summed E-state index contributed by atoms with van der Waals surface area (Å²) in [5, 5.41) is 9.06. The van der Waals surface area contributed by atoms with Crippen molar-refractivity contribution in [3.8, 4) is 23.3 Å². The fraction of sp³-hybridized carbons (Fsp3) is 0.222. The number of benzene rings is 2. The van der Waals surface area contributed by atoms with Crippen LogP contribution in [0, 0.1) is 17.1 Å². The van der Waals surface area contributed by atoms with Crippen molar-refractivity contribution in [2.45, 2.75) is 26.2 Å². The molecule has 2 rings (SSSR count). The van der Waals surface area contributed by atoms with Gasteiger partial charge in [-0.15, -0.1) is 0 Å². The van der Waals surface area contributed by atoms with Gasteiger partial charge in [-0.2, -0.15) is 5.26 Å². The number of primary amides is 1. The van der Waals surface area contributed by atoms with Gasteiger partial charge in [0.1, 0.15) is 34.7 Å². The molecule has 0 bridgehead atoms. The monoisotopic (exact) mass is 328 g/mol. The second kappa shape index (κ2) is 6.59. The number of hydrogen-bond donors (Lipinski definition) is 1. The van der Waals surface area contributed by atoms with Crippen LogP contribution in [0.2, 0.25) is 0 Å². The van der Waals surface area contributed by atoms with E-state index in [0.29, 0.717) is 17.1 Å². The van der Waals surface area contributed by atoms with E-state index in [-0.39, 0.29) is 16.7 Å². The Kier molecular flexibility index (Phi) is 4.74. The minimum Gasteiger partial charge on any atom is -0.456 e. The number of halogens is 1. The van der Waals surface area contributed by atoms with Crippen molar-refractivity contribution < 1.29 is 18.7 Å². The molecule has 0 radical (unpaired) electrons. The van der Waals surface area contributed by atoms with Crippen LogP contribution >= 0.6 is 0 Å². The summed E-state index contributed by atoms with van der Waals surface area (Å²) in [4.78, 5) is 11.0. The van der Waals surface area contributed by atoms with E-state index in [9.17, 15) is 9.18 Å². The highest BCUT2D eigenvalue weighted by Crippen LogP contribution is 2.36. The Hall–Kier alpha value is -3.07. The quantitative estimate of drug-likeness (QED) is 0.913. The van der Waals surface area contributed by atoms with Crippen LogP contribution in [0.1, 0.15) is 31.9 Å². The number of amides is 1. The summed E-state index contributed by atoms with van der Waals surface area (Å²) < 4.78 is 24.3. The first-order valence-corrected chi connectivity index (χ1v) is 7.20. The molecule has 2 aromatic rings. The Morgan fingerprint density at radius 3 is 2.50 bits per heavy atom. The van der Waals surface area contributed by atoms with Gasteiger partial charge in [0.25, 0.3) is 0 Å². The molecule has 0 aliphatic carbocycles. The van der Waals surface area contributed by atoms with Crippen LogP contribution in [0.3, 0.4) is 0 Å². The van der Waals surface area contributed by atoms with Crippen molar-refractivity contribution in [1.29, 1.82) is 5.26 Å². The number of nitrogens with two attached hydrogens (primary N) is 1. The average molecular weight is 328 g/mol. The van der Waals surface area contributed by atoms with E-state index in [0.717, 1.165) is 0 Å². The van der Waals surface area contributed by atoms with Gasteiger partial charge in [-0.3, -0.25) is 0 Å². The zero-order valence-electron chi connectivity index (χ0n) is 13.6. The van der Waals surface area contributed by atoms with Crippen LogP contribution in [0.15, 0.2) is 36.4 Å². The maximum atomic E-state index is 13.7. The molecule has 0 atom stereocenters. The predicted octanol–water partition coefficient (Wildman–Crippen LogP) is 4.24. The lowest BCUT2D eigenvalue weighted by Gasteiger charge is -2.22. The maximum absolute atomic E-state index is 13.7. The highest BCUT2D eigenvalue weighted by Gasteiger charge is 2.21. The van der Waals surface area contributed by atoms with Crippen LogP contribution in [0.25, 0.3) is 0 Å². The fourth-order valence-electron chi connectivity index (χ4n) is 2.18.